The molecule has 2 rings (SSSR count). The van der Waals surface area contributed by atoms with Gasteiger partial charge < -0.3 is 9.84 Å². The molecule has 0 aliphatic rings. The molecule has 2 aromatic carbocycles. The normalized spacial score (nSPS) is 12.5. The van der Waals surface area contributed by atoms with Crippen molar-refractivity contribution in [1.29, 1.82) is 0 Å². The SMILES string of the molecule is CC(=O)OC/C(=C(\CO)c1ccc(F)c(F)c1)c1ccc(S(C)(=O)=O)cc1. The quantitative estimate of drug-likeness (QED) is 0.600. The Balaban J connectivity index is 2.61. The van der Waals surface area contributed by atoms with Crippen LogP contribution in [-0.2, 0) is 19.4 Å². The zero-order valence-electron chi connectivity index (χ0n) is 14.7. The highest BCUT2D eigenvalue weighted by atomic mass is 32.2. The lowest BCUT2D eigenvalue weighted by Crippen LogP contribution is -2.07. The minimum atomic E-state index is -3.40. The van der Waals surface area contributed by atoms with Crippen molar-refractivity contribution in [1.82, 2.24) is 0 Å². The van der Waals surface area contributed by atoms with E-state index >= 15 is 0 Å². The summed E-state index contributed by atoms with van der Waals surface area (Å²) in [5.74, 6) is -2.68. The number of ether oxygens (including phenoxy) is 1. The van der Waals surface area contributed by atoms with Gasteiger partial charge in [-0.05, 0) is 41.0 Å². The van der Waals surface area contributed by atoms with Crippen LogP contribution in [0.15, 0.2) is 47.4 Å². The molecule has 0 bridgehead atoms. The Morgan fingerprint density at radius 2 is 1.59 bits per heavy atom. The van der Waals surface area contributed by atoms with Crippen molar-refractivity contribution in [3.05, 3.63) is 65.2 Å². The van der Waals surface area contributed by atoms with Crippen LogP contribution >= 0.6 is 0 Å². The van der Waals surface area contributed by atoms with Gasteiger partial charge >= 0.3 is 5.97 Å². The number of esters is 1. The minimum Gasteiger partial charge on any atom is -0.461 e. The van der Waals surface area contributed by atoms with Gasteiger partial charge in [0.15, 0.2) is 21.5 Å². The summed E-state index contributed by atoms with van der Waals surface area (Å²) < 4.78 is 55.1. The molecular formula is C19H18F2O5S. The highest BCUT2D eigenvalue weighted by Crippen LogP contribution is 2.28. The number of halogens is 2. The van der Waals surface area contributed by atoms with E-state index in [1.807, 2.05) is 0 Å². The largest absolute Gasteiger partial charge is 0.461 e. The molecule has 1 N–H and O–H groups in total. The summed E-state index contributed by atoms with van der Waals surface area (Å²) in [5, 5.41) is 9.81. The molecule has 5 nitrogen and oxygen atoms in total. The molecule has 8 heteroatoms. The molecule has 0 heterocycles. The Bertz CT molecular complexity index is 980. The number of sulfone groups is 1. The first kappa shape index (κ1) is 20.7. The average molecular weight is 396 g/mol. The van der Waals surface area contributed by atoms with Crippen LogP contribution in [0, 0.1) is 11.6 Å². The Kier molecular flexibility index (Phi) is 6.45. The number of carbonyl (C=O) groups excluding carboxylic acids is 1. The Morgan fingerprint density at radius 1 is 1.00 bits per heavy atom. The van der Waals surface area contributed by atoms with E-state index < -0.39 is 34.0 Å². The Hall–Kier alpha value is -2.58. The van der Waals surface area contributed by atoms with Crippen molar-refractivity contribution < 1.29 is 31.8 Å². The van der Waals surface area contributed by atoms with Crippen LogP contribution in [0.4, 0.5) is 8.78 Å². The maximum atomic E-state index is 13.6. The minimum absolute atomic E-state index is 0.0939. The van der Waals surface area contributed by atoms with Gasteiger partial charge in [0.2, 0.25) is 0 Å². The zero-order valence-corrected chi connectivity index (χ0v) is 15.5. The number of rotatable bonds is 6. The van der Waals surface area contributed by atoms with Crippen molar-refractivity contribution in [3.8, 4) is 0 Å². The molecule has 0 aliphatic heterocycles. The van der Waals surface area contributed by atoms with Crippen molar-refractivity contribution in [3.63, 3.8) is 0 Å². The second-order valence-electron chi connectivity index (χ2n) is 5.82. The standard InChI is InChI=1S/C19H18F2O5S/c1-12(23)26-11-17(13-3-6-15(7-4-13)27(2,24)25)16(10-22)14-5-8-18(20)19(21)9-14/h3-9,22H,10-11H2,1-2H3/b17-16-. The van der Waals surface area contributed by atoms with E-state index in [0.29, 0.717) is 11.1 Å². The molecule has 0 atom stereocenters. The third kappa shape index (κ3) is 5.21. The number of aliphatic hydroxyl groups excluding tert-OH is 1. The summed E-state index contributed by atoms with van der Waals surface area (Å²) in [5.41, 5.74) is 1.25. The number of carbonyl (C=O) groups is 1. The smallest absolute Gasteiger partial charge is 0.302 e. The van der Waals surface area contributed by atoms with E-state index in [4.69, 9.17) is 4.74 Å². The third-order valence-corrected chi connectivity index (χ3v) is 4.97. The molecule has 0 aromatic heterocycles. The van der Waals surface area contributed by atoms with Crippen LogP contribution in [0.25, 0.3) is 11.1 Å². The van der Waals surface area contributed by atoms with Gasteiger partial charge in [0.1, 0.15) is 6.61 Å². The summed E-state index contributed by atoms with van der Waals surface area (Å²) in [6.45, 7) is 0.443. The first-order valence-electron chi connectivity index (χ1n) is 7.85. The lowest BCUT2D eigenvalue weighted by Gasteiger charge is -2.15. The Morgan fingerprint density at radius 3 is 2.07 bits per heavy atom. The van der Waals surface area contributed by atoms with E-state index in [-0.39, 0.29) is 22.6 Å². The third-order valence-electron chi connectivity index (χ3n) is 3.84. The highest BCUT2D eigenvalue weighted by molar-refractivity contribution is 7.90. The van der Waals surface area contributed by atoms with E-state index in [0.717, 1.165) is 18.4 Å². The number of benzene rings is 2. The van der Waals surface area contributed by atoms with Crippen LogP contribution in [0.5, 0.6) is 0 Å². The molecule has 0 spiro atoms. The van der Waals surface area contributed by atoms with Crippen LogP contribution in [-0.4, -0.2) is 39.0 Å². The lowest BCUT2D eigenvalue weighted by molar-refractivity contribution is -0.139. The topological polar surface area (TPSA) is 80.7 Å². The lowest BCUT2D eigenvalue weighted by atomic mass is 9.95. The van der Waals surface area contributed by atoms with E-state index in [9.17, 15) is 27.1 Å². The predicted octanol–water partition coefficient (Wildman–Crippen LogP) is 2.83. The molecule has 2 aromatic rings. The predicted molar refractivity (Wildman–Crippen MR) is 96.4 cm³/mol. The highest BCUT2D eigenvalue weighted by Gasteiger charge is 2.16. The first-order valence-corrected chi connectivity index (χ1v) is 9.74. The summed E-state index contributed by atoms with van der Waals surface area (Å²) in [4.78, 5) is 11.3. The number of aliphatic hydroxyl groups is 1. The fourth-order valence-electron chi connectivity index (χ4n) is 2.47. The van der Waals surface area contributed by atoms with Crippen LogP contribution < -0.4 is 0 Å². The van der Waals surface area contributed by atoms with Crippen LogP contribution in [0.3, 0.4) is 0 Å². The van der Waals surface area contributed by atoms with Crippen molar-refractivity contribution in [2.75, 3.05) is 19.5 Å². The van der Waals surface area contributed by atoms with E-state index in [2.05, 4.69) is 0 Å². The molecule has 144 valence electrons. The molecule has 0 aliphatic carbocycles. The van der Waals surface area contributed by atoms with Gasteiger partial charge in [-0.25, -0.2) is 17.2 Å². The van der Waals surface area contributed by atoms with E-state index in [1.165, 1.54) is 37.3 Å². The van der Waals surface area contributed by atoms with Gasteiger partial charge in [-0.15, -0.1) is 0 Å². The fourth-order valence-corrected chi connectivity index (χ4v) is 3.10. The van der Waals surface area contributed by atoms with Gasteiger partial charge in [-0.3, -0.25) is 4.79 Å². The summed E-state index contributed by atoms with van der Waals surface area (Å²) in [7, 11) is -3.40. The molecule has 0 amide bonds. The zero-order chi connectivity index (χ0) is 20.2. The van der Waals surface area contributed by atoms with Crippen LogP contribution in [0.2, 0.25) is 0 Å². The second-order valence-corrected chi connectivity index (χ2v) is 7.84. The molecular weight excluding hydrogens is 378 g/mol. The number of hydrogen-bond donors (Lipinski definition) is 1. The molecule has 0 saturated heterocycles. The van der Waals surface area contributed by atoms with Gasteiger partial charge in [0.05, 0.1) is 11.5 Å². The van der Waals surface area contributed by atoms with Crippen LogP contribution in [0.1, 0.15) is 18.1 Å². The molecule has 0 fully saturated rings. The molecule has 0 radical (unpaired) electrons. The second kappa shape index (κ2) is 8.41. The molecule has 27 heavy (non-hydrogen) atoms. The van der Waals surface area contributed by atoms with E-state index in [1.54, 1.807) is 0 Å². The average Bonchev–Trinajstić information content (AvgIpc) is 2.60. The van der Waals surface area contributed by atoms with Crippen molar-refractivity contribution in [2.45, 2.75) is 11.8 Å². The fraction of sp³-hybridized carbons (Fsp3) is 0.211. The first-order chi connectivity index (χ1) is 12.6. The van der Waals surface area contributed by atoms with Gasteiger partial charge in [-0.1, -0.05) is 18.2 Å². The maximum Gasteiger partial charge on any atom is 0.302 e. The van der Waals surface area contributed by atoms with Crippen molar-refractivity contribution in [2.24, 2.45) is 0 Å². The Labute approximate surface area is 155 Å². The van der Waals surface area contributed by atoms with Crippen molar-refractivity contribution >= 4 is 27.0 Å². The summed E-state index contributed by atoms with van der Waals surface area (Å²) in [6.07, 6.45) is 1.07. The maximum absolute atomic E-state index is 13.6. The molecule has 0 unspecified atom stereocenters. The van der Waals surface area contributed by atoms with Gasteiger partial charge in [0.25, 0.3) is 0 Å². The monoisotopic (exact) mass is 396 g/mol. The summed E-state index contributed by atoms with van der Waals surface area (Å²) >= 11 is 0. The number of hydrogen-bond acceptors (Lipinski definition) is 5. The van der Waals surface area contributed by atoms with Gasteiger partial charge in [-0.2, -0.15) is 0 Å². The molecule has 0 saturated carbocycles. The van der Waals surface area contributed by atoms with Gasteiger partial charge in [0, 0.05) is 18.8 Å². The summed E-state index contributed by atoms with van der Waals surface area (Å²) in [6, 6.07) is 8.88.